The lowest BCUT2D eigenvalue weighted by Crippen LogP contribution is -2.24. The molecule has 0 saturated heterocycles. The van der Waals surface area contributed by atoms with Crippen molar-refractivity contribution in [3.63, 3.8) is 0 Å². The highest BCUT2D eigenvalue weighted by atomic mass is 19.1. The van der Waals surface area contributed by atoms with Gasteiger partial charge in [0, 0.05) is 6.54 Å². The van der Waals surface area contributed by atoms with Gasteiger partial charge in [0.2, 0.25) is 0 Å². The number of esters is 1. The average molecular weight is 369 g/mol. The number of carbonyl (C=O) groups excluding carboxylic acids is 1. The van der Waals surface area contributed by atoms with Gasteiger partial charge in [0.1, 0.15) is 11.9 Å². The molecule has 0 spiro atoms. The third-order valence-corrected chi connectivity index (χ3v) is 5.18. The summed E-state index contributed by atoms with van der Waals surface area (Å²) >= 11 is 0. The van der Waals surface area contributed by atoms with Crippen LogP contribution in [0.4, 0.5) is 4.39 Å². The second-order valence-electron chi connectivity index (χ2n) is 7.75. The third kappa shape index (κ3) is 5.90. The molecule has 0 unspecified atom stereocenters. The van der Waals surface area contributed by atoms with Crippen molar-refractivity contribution in [1.82, 2.24) is 4.90 Å². The van der Waals surface area contributed by atoms with Gasteiger partial charge >= 0.3 is 5.97 Å². The zero-order valence-electron chi connectivity index (χ0n) is 16.2. The predicted molar refractivity (Wildman–Crippen MR) is 105 cm³/mol. The number of hydrogen-bond donors (Lipinski definition) is 0. The van der Waals surface area contributed by atoms with Crippen LogP contribution in [0.25, 0.3) is 0 Å². The van der Waals surface area contributed by atoms with E-state index in [0.29, 0.717) is 5.92 Å². The monoisotopic (exact) mass is 369 g/mol. The van der Waals surface area contributed by atoms with Gasteiger partial charge in [0.25, 0.3) is 0 Å². The van der Waals surface area contributed by atoms with Gasteiger partial charge in [-0.05, 0) is 74.5 Å². The Bertz CT molecular complexity index is 732. The fourth-order valence-electron chi connectivity index (χ4n) is 3.77. The van der Waals surface area contributed by atoms with Gasteiger partial charge in [-0.3, -0.25) is 4.79 Å². The van der Waals surface area contributed by atoms with Crippen molar-refractivity contribution in [2.45, 2.75) is 50.7 Å². The van der Waals surface area contributed by atoms with Crippen LogP contribution in [-0.2, 0) is 22.5 Å². The van der Waals surface area contributed by atoms with Gasteiger partial charge < -0.3 is 9.64 Å². The fraction of sp³-hybridized carbons (Fsp3) is 0.435. The Balaban J connectivity index is 1.45. The number of nitrogens with zero attached hydrogens (tertiary/aromatic N) is 1. The zero-order chi connectivity index (χ0) is 19.2. The maximum Gasteiger partial charge on any atom is 0.310 e. The molecule has 27 heavy (non-hydrogen) atoms. The molecule has 0 atom stereocenters. The summed E-state index contributed by atoms with van der Waals surface area (Å²) in [5, 5.41) is 0. The average Bonchev–Trinajstić information content (AvgIpc) is 2.64. The molecular weight excluding hydrogens is 341 g/mol. The summed E-state index contributed by atoms with van der Waals surface area (Å²) in [7, 11) is 4.15. The number of hydrogen-bond acceptors (Lipinski definition) is 3. The highest BCUT2D eigenvalue weighted by Crippen LogP contribution is 2.34. The van der Waals surface area contributed by atoms with Gasteiger partial charge in [-0.25, -0.2) is 4.39 Å². The predicted octanol–water partition coefficient (Wildman–Crippen LogP) is 4.70. The van der Waals surface area contributed by atoms with E-state index in [0.717, 1.165) is 37.8 Å². The summed E-state index contributed by atoms with van der Waals surface area (Å²) in [6.45, 7) is 0.955. The molecule has 0 N–H and O–H groups in total. The Morgan fingerprint density at radius 2 is 1.56 bits per heavy atom. The first-order valence-electron chi connectivity index (χ1n) is 9.67. The van der Waals surface area contributed by atoms with Crippen LogP contribution in [0.1, 0.15) is 48.3 Å². The molecule has 2 aromatic carbocycles. The van der Waals surface area contributed by atoms with Gasteiger partial charge in [-0.1, -0.05) is 36.4 Å². The van der Waals surface area contributed by atoms with E-state index in [4.69, 9.17) is 4.74 Å². The van der Waals surface area contributed by atoms with E-state index in [1.807, 2.05) is 0 Å². The van der Waals surface area contributed by atoms with Crippen LogP contribution in [0.15, 0.2) is 48.5 Å². The molecule has 1 saturated carbocycles. The third-order valence-electron chi connectivity index (χ3n) is 5.18. The number of benzene rings is 2. The van der Waals surface area contributed by atoms with Gasteiger partial charge in [-0.15, -0.1) is 0 Å². The molecule has 0 radical (unpaired) electrons. The molecule has 1 fully saturated rings. The smallest absolute Gasteiger partial charge is 0.310 e. The quantitative estimate of drug-likeness (QED) is 0.691. The molecule has 144 valence electrons. The van der Waals surface area contributed by atoms with E-state index >= 15 is 0 Å². The topological polar surface area (TPSA) is 29.5 Å². The van der Waals surface area contributed by atoms with E-state index < -0.39 is 0 Å². The summed E-state index contributed by atoms with van der Waals surface area (Å²) < 4.78 is 18.6. The van der Waals surface area contributed by atoms with Crippen molar-refractivity contribution >= 4 is 5.97 Å². The van der Waals surface area contributed by atoms with Crippen LogP contribution in [0, 0.1) is 5.82 Å². The number of ether oxygens (including phenoxy) is 1. The Morgan fingerprint density at radius 1 is 0.963 bits per heavy atom. The molecule has 0 aliphatic heterocycles. The minimum atomic E-state index is -0.291. The molecule has 0 bridgehead atoms. The summed E-state index contributed by atoms with van der Waals surface area (Å²) in [5.74, 6) is 0.0312. The minimum absolute atomic E-state index is 0.00205. The molecule has 3 nitrogen and oxygen atoms in total. The van der Waals surface area contributed by atoms with Crippen LogP contribution in [0.3, 0.4) is 0 Å². The van der Waals surface area contributed by atoms with E-state index in [9.17, 15) is 9.18 Å². The molecule has 0 heterocycles. The molecule has 0 aromatic heterocycles. The lowest BCUT2D eigenvalue weighted by atomic mass is 9.82. The number of carbonyl (C=O) groups is 1. The summed E-state index contributed by atoms with van der Waals surface area (Å²) in [6, 6.07) is 14.9. The van der Waals surface area contributed by atoms with Crippen molar-refractivity contribution in [3.05, 3.63) is 71.0 Å². The summed E-state index contributed by atoms with van der Waals surface area (Å²) in [6.07, 6.45) is 4.09. The Morgan fingerprint density at radius 3 is 2.15 bits per heavy atom. The maximum absolute atomic E-state index is 12.9. The molecule has 1 aliphatic carbocycles. The second-order valence-corrected chi connectivity index (χ2v) is 7.75. The van der Waals surface area contributed by atoms with E-state index in [1.165, 1.54) is 23.3 Å². The Kier molecular flexibility index (Phi) is 6.62. The lowest BCUT2D eigenvalue weighted by molar-refractivity contribution is -0.149. The minimum Gasteiger partial charge on any atom is -0.462 e. The first kappa shape index (κ1) is 19.6. The van der Waals surface area contributed by atoms with Crippen molar-refractivity contribution in [1.29, 1.82) is 0 Å². The van der Waals surface area contributed by atoms with Crippen molar-refractivity contribution < 1.29 is 13.9 Å². The molecule has 0 amide bonds. The van der Waals surface area contributed by atoms with Crippen LogP contribution in [0.5, 0.6) is 0 Å². The van der Waals surface area contributed by atoms with E-state index in [1.54, 1.807) is 12.1 Å². The first-order valence-corrected chi connectivity index (χ1v) is 9.67. The molecule has 2 aromatic rings. The van der Waals surface area contributed by atoms with Crippen molar-refractivity contribution in [3.8, 4) is 0 Å². The van der Waals surface area contributed by atoms with Crippen LogP contribution < -0.4 is 0 Å². The SMILES string of the molecule is CN(C)Cc1ccc([C@H]2CC[C@@H](OC(=O)Cc3ccc(F)cc3)CC2)cc1. The highest BCUT2D eigenvalue weighted by molar-refractivity contribution is 5.72. The van der Waals surface area contributed by atoms with Crippen LogP contribution >= 0.6 is 0 Å². The second kappa shape index (κ2) is 9.14. The van der Waals surface area contributed by atoms with Crippen molar-refractivity contribution in [2.24, 2.45) is 0 Å². The van der Waals surface area contributed by atoms with Gasteiger partial charge in [0.05, 0.1) is 6.42 Å². The standard InChI is InChI=1S/C23H28FNO2/c1-25(2)16-18-3-7-19(8-4-18)20-9-13-22(14-10-20)27-23(26)15-17-5-11-21(24)12-6-17/h3-8,11-12,20,22H,9-10,13-16H2,1-2H3/t20-,22+. The zero-order valence-corrected chi connectivity index (χ0v) is 16.2. The summed E-state index contributed by atoms with van der Waals surface area (Å²) in [4.78, 5) is 14.3. The van der Waals surface area contributed by atoms with E-state index in [-0.39, 0.29) is 24.3 Å². The molecule has 4 heteroatoms. The largest absolute Gasteiger partial charge is 0.462 e. The van der Waals surface area contributed by atoms with Crippen LogP contribution in [0.2, 0.25) is 0 Å². The number of rotatable bonds is 6. The summed E-state index contributed by atoms with van der Waals surface area (Å²) in [5.41, 5.74) is 3.49. The Hall–Kier alpha value is -2.20. The van der Waals surface area contributed by atoms with Crippen LogP contribution in [-0.4, -0.2) is 31.1 Å². The molecule has 1 aliphatic rings. The molecular formula is C23H28FNO2. The first-order chi connectivity index (χ1) is 13.0. The van der Waals surface area contributed by atoms with Gasteiger partial charge in [0.15, 0.2) is 0 Å². The van der Waals surface area contributed by atoms with Gasteiger partial charge in [-0.2, -0.15) is 0 Å². The van der Waals surface area contributed by atoms with E-state index in [2.05, 4.69) is 43.3 Å². The lowest BCUT2D eigenvalue weighted by Gasteiger charge is -2.28. The number of halogens is 1. The normalized spacial score (nSPS) is 19.9. The Labute approximate surface area is 161 Å². The highest BCUT2D eigenvalue weighted by Gasteiger charge is 2.25. The fourth-order valence-corrected chi connectivity index (χ4v) is 3.77. The maximum atomic E-state index is 12.9. The van der Waals surface area contributed by atoms with Crippen molar-refractivity contribution in [2.75, 3.05) is 14.1 Å². The molecule has 3 rings (SSSR count).